The van der Waals surface area contributed by atoms with E-state index in [1.165, 1.54) is 0 Å². The van der Waals surface area contributed by atoms with E-state index in [0.29, 0.717) is 12.8 Å². The van der Waals surface area contributed by atoms with E-state index in [0.717, 1.165) is 0 Å². The molecule has 0 spiro atoms. The van der Waals surface area contributed by atoms with Crippen LogP contribution in [-0.4, -0.2) is 46.9 Å². The molecule has 0 saturated heterocycles. The van der Waals surface area contributed by atoms with Crippen LogP contribution in [0.4, 0.5) is 0 Å². The van der Waals surface area contributed by atoms with Crippen LogP contribution in [0.3, 0.4) is 0 Å². The molecule has 0 saturated carbocycles. The van der Waals surface area contributed by atoms with E-state index in [-0.39, 0.29) is 18.3 Å². The molecule has 0 bridgehead atoms. The Morgan fingerprint density at radius 2 is 1.36 bits per heavy atom. The van der Waals surface area contributed by atoms with Gasteiger partial charge in [-0.2, -0.15) is 0 Å². The van der Waals surface area contributed by atoms with Crippen LogP contribution in [0, 0.1) is 11.8 Å². The number of hydrogen-bond acceptors (Lipinski definition) is 5. The summed E-state index contributed by atoms with van der Waals surface area (Å²) in [5, 5.41) is 14.3. The van der Waals surface area contributed by atoms with Crippen LogP contribution in [0.2, 0.25) is 0 Å². The number of nitrogens with one attached hydrogen (secondary N) is 2. The molecule has 0 aromatic carbocycles. The quantitative estimate of drug-likeness (QED) is 0.329. The minimum Gasteiger partial charge on any atom is -0.480 e. The first-order valence-corrected chi connectivity index (χ1v) is 8.42. The minimum absolute atomic E-state index is 0.254. The highest BCUT2D eigenvalue weighted by Gasteiger charge is 2.32. The summed E-state index contributed by atoms with van der Waals surface area (Å²) in [4.78, 5) is 46.9. The van der Waals surface area contributed by atoms with Crippen molar-refractivity contribution in [2.45, 2.75) is 65.1 Å². The van der Waals surface area contributed by atoms with Crippen LogP contribution >= 0.6 is 0 Å². The molecule has 0 unspecified atom stereocenters. The van der Waals surface area contributed by atoms with Crippen LogP contribution < -0.4 is 22.1 Å². The molecule has 0 aliphatic carbocycles. The Morgan fingerprint density at radius 3 is 1.76 bits per heavy atom. The van der Waals surface area contributed by atoms with Gasteiger partial charge < -0.3 is 27.2 Å². The number of carbonyl (C=O) groups is 4. The second-order valence-corrected chi connectivity index (χ2v) is 6.36. The van der Waals surface area contributed by atoms with Crippen molar-refractivity contribution in [3.05, 3.63) is 0 Å². The molecule has 25 heavy (non-hydrogen) atoms. The number of carboxylic acid groups (broad SMARTS) is 1. The summed E-state index contributed by atoms with van der Waals surface area (Å²) in [6.45, 7) is 7.13. The second-order valence-electron chi connectivity index (χ2n) is 6.36. The van der Waals surface area contributed by atoms with Gasteiger partial charge in [-0.3, -0.25) is 14.4 Å². The van der Waals surface area contributed by atoms with Gasteiger partial charge >= 0.3 is 5.97 Å². The van der Waals surface area contributed by atoms with Crippen LogP contribution in [0.1, 0.15) is 47.0 Å². The average Bonchev–Trinajstić information content (AvgIpc) is 2.54. The largest absolute Gasteiger partial charge is 0.480 e. The second kappa shape index (κ2) is 10.7. The fourth-order valence-electron chi connectivity index (χ4n) is 2.20. The Morgan fingerprint density at radius 1 is 0.920 bits per heavy atom. The first-order chi connectivity index (χ1) is 11.5. The Kier molecular flexibility index (Phi) is 9.73. The molecule has 5 atom stereocenters. The third-order valence-electron chi connectivity index (χ3n) is 4.33. The maximum absolute atomic E-state index is 12.5. The highest BCUT2D eigenvalue weighted by atomic mass is 16.4. The van der Waals surface area contributed by atoms with E-state index in [1.807, 2.05) is 13.8 Å². The molecule has 0 heterocycles. The summed E-state index contributed by atoms with van der Waals surface area (Å²) < 4.78 is 0. The van der Waals surface area contributed by atoms with E-state index >= 15 is 0 Å². The number of carbonyl (C=O) groups excluding carboxylic acids is 3. The summed E-state index contributed by atoms with van der Waals surface area (Å²) in [5.74, 6) is -3.67. The Labute approximate surface area is 147 Å². The van der Waals surface area contributed by atoms with E-state index in [4.69, 9.17) is 11.5 Å². The number of amides is 3. The molecule has 3 amide bonds. The van der Waals surface area contributed by atoms with Crippen LogP contribution in [0.25, 0.3) is 0 Å². The molecule has 0 radical (unpaired) electrons. The zero-order valence-corrected chi connectivity index (χ0v) is 15.2. The van der Waals surface area contributed by atoms with Crippen molar-refractivity contribution < 1.29 is 24.3 Å². The van der Waals surface area contributed by atoms with Crippen molar-refractivity contribution >= 4 is 23.7 Å². The number of hydrogen-bond donors (Lipinski definition) is 5. The van der Waals surface area contributed by atoms with Crippen molar-refractivity contribution in [3.63, 3.8) is 0 Å². The summed E-state index contributed by atoms with van der Waals surface area (Å²) in [7, 11) is 0. The molecule has 9 nitrogen and oxygen atoms in total. The zero-order valence-electron chi connectivity index (χ0n) is 15.2. The van der Waals surface area contributed by atoms with Gasteiger partial charge in [-0.15, -0.1) is 0 Å². The molecule has 0 aromatic rings. The van der Waals surface area contributed by atoms with Crippen LogP contribution in [-0.2, 0) is 19.2 Å². The molecular formula is C16H30N4O5. The lowest BCUT2D eigenvalue weighted by molar-refractivity contribution is -0.144. The maximum Gasteiger partial charge on any atom is 0.326 e. The lowest BCUT2D eigenvalue weighted by Gasteiger charge is -2.28. The molecule has 9 heteroatoms. The minimum atomic E-state index is -1.17. The Bertz CT molecular complexity index is 497. The summed E-state index contributed by atoms with van der Waals surface area (Å²) in [5.41, 5.74) is 10.6. The molecule has 0 aliphatic rings. The van der Waals surface area contributed by atoms with Gasteiger partial charge in [-0.25, -0.2) is 4.79 Å². The van der Waals surface area contributed by atoms with Gasteiger partial charge in [0.2, 0.25) is 17.7 Å². The smallest absolute Gasteiger partial charge is 0.326 e. The van der Waals surface area contributed by atoms with Gasteiger partial charge in [0.05, 0.1) is 12.5 Å². The third kappa shape index (κ3) is 7.51. The molecule has 0 fully saturated rings. The molecule has 0 rings (SSSR count). The first kappa shape index (κ1) is 22.8. The molecule has 144 valence electrons. The predicted octanol–water partition coefficient (Wildman–Crippen LogP) is -0.664. The van der Waals surface area contributed by atoms with E-state index in [9.17, 15) is 24.3 Å². The SMILES string of the molecule is CC[C@H](C)[C@H](NC(=O)[C@@H](NC(=O)[C@@H](N)CC(N)=O)[C@@H](C)CC)C(=O)O. The summed E-state index contributed by atoms with van der Waals surface area (Å²) >= 11 is 0. The average molecular weight is 358 g/mol. The maximum atomic E-state index is 12.5. The molecule has 0 aliphatic heterocycles. The van der Waals surface area contributed by atoms with Gasteiger partial charge in [0.25, 0.3) is 0 Å². The van der Waals surface area contributed by atoms with Crippen molar-refractivity contribution in [3.8, 4) is 0 Å². The van der Waals surface area contributed by atoms with Gasteiger partial charge in [0.1, 0.15) is 12.1 Å². The monoisotopic (exact) mass is 358 g/mol. The lowest BCUT2D eigenvalue weighted by atomic mass is 9.95. The number of primary amides is 1. The van der Waals surface area contributed by atoms with Crippen molar-refractivity contribution in [1.29, 1.82) is 0 Å². The highest BCUT2D eigenvalue weighted by Crippen LogP contribution is 2.12. The van der Waals surface area contributed by atoms with Crippen molar-refractivity contribution in [2.75, 3.05) is 0 Å². The number of carboxylic acids is 1. The van der Waals surface area contributed by atoms with Crippen molar-refractivity contribution in [1.82, 2.24) is 10.6 Å². The van der Waals surface area contributed by atoms with Crippen molar-refractivity contribution in [2.24, 2.45) is 23.3 Å². The standard InChI is InChI=1S/C16H30N4O5/c1-5-8(3)12(19-14(22)10(17)7-11(18)21)15(23)20-13(16(24)25)9(4)6-2/h8-10,12-13H,5-7,17H2,1-4H3,(H2,18,21)(H,19,22)(H,20,23)(H,24,25)/t8-,9-,10-,12-,13-/m0/s1. The molecular weight excluding hydrogens is 328 g/mol. The Balaban J connectivity index is 5.19. The number of rotatable bonds is 11. The highest BCUT2D eigenvalue weighted by molar-refractivity contribution is 5.93. The zero-order chi connectivity index (χ0) is 19.7. The van der Waals surface area contributed by atoms with Gasteiger partial charge in [-0.1, -0.05) is 40.5 Å². The fraction of sp³-hybridized carbons (Fsp3) is 0.750. The van der Waals surface area contributed by atoms with Gasteiger partial charge in [0, 0.05) is 0 Å². The Hall–Kier alpha value is -2.16. The first-order valence-electron chi connectivity index (χ1n) is 8.42. The van der Waals surface area contributed by atoms with Gasteiger partial charge in [-0.05, 0) is 11.8 Å². The third-order valence-corrected chi connectivity index (χ3v) is 4.33. The topological polar surface area (TPSA) is 165 Å². The normalized spacial score (nSPS) is 16.8. The fourth-order valence-corrected chi connectivity index (χ4v) is 2.20. The summed E-state index contributed by atoms with van der Waals surface area (Å²) in [6, 6.07) is -3.18. The van der Waals surface area contributed by atoms with Crippen LogP contribution in [0.5, 0.6) is 0 Å². The van der Waals surface area contributed by atoms with Gasteiger partial charge in [0.15, 0.2) is 0 Å². The summed E-state index contributed by atoms with van der Waals surface area (Å²) in [6.07, 6.45) is 0.802. The molecule has 0 aromatic heterocycles. The van der Waals surface area contributed by atoms with E-state index in [1.54, 1.807) is 13.8 Å². The lowest BCUT2D eigenvalue weighted by Crippen LogP contribution is -2.57. The van der Waals surface area contributed by atoms with E-state index in [2.05, 4.69) is 10.6 Å². The number of nitrogens with two attached hydrogens (primary N) is 2. The van der Waals surface area contributed by atoms with E-state index < -0.39 is 41.8 Å². The van der Waals surface area contributed by atoms with Crippen LogP contribution in [0.15, 0.2) is 0 Å². The number of aliphatic carboxylic acids is 1. The predicted molar refractivity (Wildman–Crippen MR) is 92.2 cm³/mol. The molecule has 7 N–H and O–H groups in total.